The predicted octanol–water partition coefficient (Wildman–Crippen LogP) is 5.09. The number of halogens is 1. The standard InChI is InChI=1S/C26H25ClN6O4S/c1-16-8-11-18(12-9-16)38(35,36)33-22-13-10-17(14-23(22)37-3)30-26-29-15-20(27)24(32-26)31-21-7-5-4-6-19(21)25(34)28-2/h4-15,33H,1-3H3,(H,28,34)(H2,29,30,31,32). The molecule has 1 aromatic heterocycles. The number of para-hydroxylation sites is 1. The summed E-state index contributed by atoms with van der Waals surface area (Å²) in [7, 11) is -0.827. The molecule has 12 heteroatoms. The van der Waals surface area contributed by atoms with E-state index in [4.69, 9.17) is 16.3 Å². The van der Waals surface area contributed by atoms with Gasteiger partial charge >= 0.3 is 0 Å². The molecule has 0 fully saturated rings. The Morgan fingerprint density at radius 1 is 0.974 bits per heavy atom. The number of aryl methyl sites for hydroxylation is 1. The zero-order valence-corrected chi connectivity index (χ0v) is 22.3. The van der Waals surface area contributed by atoms with Crippen molar-refractivity contribution in [1.29, 1.82) is 0 Å². The zero-order valence-electron chi connectivity index (χ0n) is 20.7. The highest BCUT2D eigenvalue weighted by Gasteiger charge is 2.17. The van der Waals surface area contributed by atoms with Gasteiger partial charge in [0.15, 0.2) is 5.82 Å². The molecule has 4 aromatic rings. The molecule has 38 heavy (non-hydrogen) atoms. The van der Waals surface area contributed by atoms with Gasteiger partial charge in [-0.15, -0.1) is 0 Å². The molecule has 0 aliphatic carbocycles. The Kier molecular flexibility index (Phi) is 7.99. The van der Waals surface area contributed by atoms with Gasteiger partial charge in [-0.25, -0.2) is 13.4 Å². The van der Waals surface area contributed by atoms with Crippen LogP contribution in [0.15, 0.2) is 77.8 Å². The van der Waals surface area contributed by atoms with E-state index in [0.29, 0.717) is 16.9 Å². The van der Waals surface area contributed by atoms with Gasteiger partial charge in [-0.2, -0.15) is 4.98 Å². The van der Waals surface area contributed by atoms with Crippen molar-refractivity contribution >= 4 is 56.4 Å². The van der Waals surface area contributed by atoms with E-state index in [-0.39, 0.29) is 39.0 Å². The number of carbonyl (C=O) groups is 1. The zero-order chi connectivity index (χ0) is 27.3. The summed E-state index contributed by atoms with van der Waals surface area (Å²) in [6.45, 7) is 1.88. The van der Waals surface area contributed by atoms with Crippen molar-refractivity contribution < 1.29 is 17.9 Å². The van der Waals surface area contributed by atoms with Gasteiger partial charge in [-0.05, 0) is 43.3 Å². The minimum absolute atomic E-state index is 0.139. The molecule has 196 valence electrons. The second-order valence-corrected chi connectivity index (χ2v) is 10.2. The third-order valence-corrected chi connectivity index (χ3v) is 7.09. The largest absolute Gasteiger partial charge is 0.494 e. The fourth-order valence-corrected chi connectivity index (χ4v) is 4.68. The molecule has 0 bridgehead atoms. The summed E-state index contributed by atoms with van der Waals surface area (Å²) in [5.41, 5.74) is 2.70. The van der Waals surface area contributed by atoms with Crippen molar-refractivity contribution in [2.24, 2.45) is 0 Å². The normalized spacial score (nSPS) is 10.9. The highest BCUT2D eigenvalue weighted by Crippen LogP contribution is 2.32. The van der Waals surface area contributed by atoms with E-state index < -0.39 is 10.0 Å². The highest BCUT2D eigenvalue weighted by atomic mass is 35.5. The summed E-state index contributed by atoms with van der Waals surface area (Å²) in [5.74, 6) is 0.527. The van der Waals surface area contributed by atoms with E-state index in [0.717, 1.165) is 5.56 Å². The average Bonchev–Trinajstić information content (AvgIpc) is 2.91. The fourth-order valence-electron chi connectivity index (χ4n) is 3.47. The van der Waals surface area contributed by atoms with Crippen LogP contribution in [0.5, 0.6) is 5.75 Å². The summed E-state index contributed by atoms with van der Waals surface area (Å²) < 4.78 is 33.6. The first-order valence-corrected chi connectivity index (χ1v) is 13.2. The molecule has 0 saturated carbocycles. The van der Waals surface area contributed by atoms with E-state index in [1.807, 2.05) is 6.92 Å². The fraction of sp³-hybridized carbons (Fsp3) is 0.115. The van der Waals surface area contributed by atoms with Crippen LogP contribution in [0.4, 0.5) is 28.8 Å². The van der Waals surface area contributed by atoms with Crippen molar-refractivity contribution in [2.45, 2.75) is 11.8 Å². The van der Waals surface area contributed by atoms with Crippen molar-refractivity contribution in [3.8, 4) is 5.75 Å². The molecular formula is C26H25ClN6O4S. The quantitative estimate of drug-likeness (QED) is 0.225. The van der Waals surface area contributed by atoms with E-state index in [1.54, 1.807) is 61.6 Å². The number of anilines is 5. The van der Waals surface area contributed by atoms with Crippen LogP contribution >= 0.6 is 11.6 Å². The number of hydrogen-bond donors (Lipinski definition) is 4. The molecular weight excluding hydrogens is 528 g/mol. The van der Waals surface area contributed by atoms with Crippen LogP contribution < -0.4 is 25.4 Å². The number of nitrogens with zero attached hydrogens (tertiary/aromatic N) is 2. The average molecular weight is 553 g/mol. The van der Waals surface area contributed by atoms with Gasteiger partial charge in [0.2, 0.25) is 5.95 Å². The molecule has 4 N–H and O–H groups in total. The van der Waals surface area contributed by atoms with Crippen LogP contribution in [-0.2, 0) is 10.0 Å². The maximum Gasteiger partial charge on any atom is 0.262 e. The van der Waals surface area contributed by atoms with E-state index >= 15 is 0 Å². The van der Waals surface area contributed by atoms with Gasteiger partial charge in [-0.3, -0.25) is 9.52 Å². The van der Waals surface area contributed by atoms with Gasteiger partial charge in [0, 0.05) is 18.8 Å². The molecule has 0 spiro atoms. The number of sulfonamides is 1. The van der Waals surface area contributed by atoms with Gasteiger partial charge in [0.1, 0.15) is 10.8 Å². The molecule has 1 heterocycles. The topological polar surface area (TPSA) is 134 Å². The van der Waals surface area contributed by atoms with Crippen LogP contribution in [0.25, 0.3) is 0 Å². The van der Waals surface area contributed by atoms with Crippen LogP contribution in [0.2, 0.25) is 5.02 Å². The number of hydrogen-bond acceptors (Lipinski definition) is 8. The number of aromatic nitrogens is 2. The molecule has 0 atom stereocenters. The van der Waals surface area contributed by atoms with Crippen molar-refractivity contribution in [3.05, 3.63) is 89.1 Å². The van der Waals surface area contributed by atoms with Gasteiger partial charge in [0.05, 0.1) is 35.1 Å². The molecule has 1 amide bonds. The number of carbonyl (C=O) groups excluding carboxylic acids is 1. The third kappa shape index (κ3) is 6.13. The number of rotatable bonds is 9. The summed E-state index contributed by atoms with van der Waals surface area (Å²) in [6, 6.07) is 18.3. The summed E-state index contributed by atoms with van der Waals surface area (Å²) >= 11 is 6.30. The molecule has 4 rings (SSSR count). The number of ether oxygens (including phenoxy) is 1. The van der Waals surface area contributed by atoms with Crippen LogP contribution in [0.3, 0.4) is 0 Å². The lowest BCUT2D eigenvalue weighted by Crippen LogP contribution is -2.19. The molecule has 0 aliphatic rings. The van der Waals surface area contributed by atoms with Crippen molar-refractivity contribution in [2.75, 3.05) is 29.5 Å². The van der Waals surface area contributed by atoms with Crippen LogP contribution in [0.1, 0.15) is 15.9 Å². The van der Waals surface area contributed by atoms with Crippen LogP contribution in [-0.4, -0.2) is 38.5 Å². The van der Waals surface area contributed by atoms with E-state index in [9.17, 15) is 13.2 Å². The smallest absolute Gasteiger partial charge is 0.262 e. The number of amides is 1. The maximum atomic E-state index is 12.8. The SMILES string of the molecule is CNC(=O)c1ccccc1Nc1nc(Nc2ccc(NS(=O)(=O)c3ccc(C)cc3)c(OC)c2)ncc1Cl. The Balaban J connectivity index is 1.55. The number of nitrogens with one attached hydrogen (secondary N) is 4. The Bertz CT molecular complexity index is 1580. The second-order valence-electron chi connectivity index (χ2n) is 8.10. The molecule has 3 aromatic carbocycles. The number of benzene rings is 3. The molecule has 0 unspecified atom stereocenters. The van der Waals surface area contributed by atoms with Gasteiger partial charge in [0.25, 0.3) is 15.9 Å². The highest BCUT2D eigenvalue weighted by molar-refractivity contribution is 7.92. The minimum atomic E-state index is -3.81. The first-order chi connectivity index (χ1) is 18.2. The Labute approximate surface area is 225 Å². The summed E-state index contributed by atoms with van der Waals surface area (Å²) in [5, 5.41) is 8.97. The third-order valence-electron chi connectivity index (χ3n) is 5.43. The Morgan fingerprint density at radius 2 is 1.71 bits per heavy atom. The van der Waals surface area contributed by atoms with E-state index in [1.165, 1.54) is 25.4 Å². The molecule has 0 aliphatic heterocycles. The number of methoxy groups -OCH3 is 1. The van der Waals surface area contributed by atoms with Crippen molar-refractivity contribution in [1.82, 2.24) is 15.3 Å². The summed E-state index contributed by atoms with van der Waals surface area (Å²) in [4.78, 5) is 21.0. The Morgan fingerprint density at radius 3 is 2.42 bits per heavy atom. The summed E-state index contributed by atoms with van der Waals surface area (Å²) in [6.07, 6.45) is 1.42. The lowest BCUT2D eigenvalue weighted by atomic mass is 10.1. The van der Waals surface area contributed by atoms with Gasteiger partial charge in [-0.1, -0.05) is 41.4 Å². The lowest BCUT2D eigenvalue weighted by Gasteiger charge is -2.15. The van der Waals surface area contributed by atoms with E-state index in [2.05, 4.69) is 30.6 Å². The van der Waals surface area contributed by atoms with Gasteiger partial charge < -0.3 is 20.7 Å². The first kappa shape index (κ1) is 26.7. The first-order valence-electron chi connectivity index (χ1n) is 11.4. The molecule has 0 radical (unpaired) electrons. The molecule has 10 nitrogen and oxygen atoms in total. The maximum absolute atomic E-state index is 12.8. The van der Waals surface area contributed by atoms with Crippen LogP contribution in [0, 0.1) is 6.92 Å². The second kappa shape index (κ2) is 11.4. The molecule has 0 saturated heterocycles. The minimum Gasteiger partial charge on any atom is -0.494 e. The monoisotopic (exact) mass is 552 g/mol. The predicted molar refractivity (Wildman–Crippen MR) is 148 cm³/mol. The lowest BCUT2D eigenvalue weighted by molar-refractivity contribution is 0.0964. The van der Waals surface area contributed by atoms with Crippen molar-refractivity contribution in [3.63, 3.8) is 0 Å². The Hall–Kier alpha value is -4.35.